The van der Waals surface area contributed by atoms with Crippen molar-refractivity contribution in [2.75, 3.05) is 5.32 Å². The average Bonchev–Trinajstić information content (AvgIpc) is 2.78. The van der Waals surface area contributed by atoms with Gasteiger partial charge in [0.2, 0.25) is 5.91 Å². The number of carboxylic acids is 1. The second-order valence-electron chi connectivity index (χ2n) is 7.75. The molecule has 1 fully saturated rings. The summed E-state index contributed by atoms with van der Waals surface area (Å²) in [5, 5.41) is 35.5. The fraction of sp³-hybridized carbons (Fsp3) is 0.304. The van der Waals surface area contributed by atoms with Crippen LogP contribution < -0.4 is 10.7 Å². The van der Waals surface area contributed by atoms with Gasteiger partial charge in [0.15, 0.2) is 0 Å². The number of carboxylic acid groups (broad SMARTS) is 1. The lowest BCUT2D eigenvalue weighted by molar-refractivity contribution is -0.147. The molecule has 168 valence electrons. The SMILES string of the molecule is C/C(=N\NC(=O)c1cc(O)ccc1O)c1cccc(NC(=O)C2CCCCC2C(=O)O)c1. The summed E-state index contributed by atoms with van der Waals surface area (Å²) in [6.07, 6.45) is 2.66. The number of hydrazone groups is 1. The zero-order valence-electron chi connectivity index (χ0n) is 17.5. The first-order chi connectivity index (χ1) is 15.3. The van der Waals surface area contributed by atoms with Crippen LogP contribution in [0.5, 0.6) is 11.5 Å². The van der Waals surface area contributed by atoms with Crippen LogP contribution in [0.1, 0.15) is 48.5 Å². The Labute approximate surface area is 184 Å². The van der Waals surface area contributed by atoms with Crippen LogP contribution in [0.3, 0.4) is 0 Å². The van der Waals surface area contributed by atoms with E-state index in [0.717, 1.165) is 18.9 Å². The molecule has 2 amide bonds. The summed E-state index contributed by atoms with van der Waals surface area (Å²) in [5.74, 6) is -3.68. The van der Waals surface area contributed by atoms with Crippen LogP contribution in [0.2, 0.25) is 0 Å². The normalized spacial score (nSPS) is 18.6. The molecule has 0 spiro atoms. The second kappa shape index (κ2) is 9.95. The Morgan fingerprint density at radius 3 is 2.44 bits per heavy atom. The van der Waals surface area contributed by atoms with E-state index in [-0.39, 0.29) is 23.0 Å². The maximum atomic E-state index is 12.7. The van der Waals surface area contributed by atoms with E-state index < -0.39 is 23.7 Å². The lowest BCUT2D eigenvalue weighted by Gasteiger charge is -2.27. The van der Waals surface area contributed by atoms with Crippen molar-refractivity contribution < 1.29 is 29.7 Å². The van der Waals surface area contributed by atoms with Crippen LogP contribution in [0, 0.1) is 11.8 Å². The van der Waals surface area contributed by atoms with E-state index in [1.807, 2.05) is 0 Å². The number of nitrogens with zero attached hydrogens (tertiary/aromatic N) is 1. The fourth-order valence-electron chi connectivity index (χ4n) is 3.76. The second-order valence-corrected chi connectivity index (χ2v) is 7.75. The van der Waals surface area contributed by atoms with Crippen molar-refractivity contribution in [1.29, 1.82) is 0 Å². The van der Waals surface area contributed by atoms with Crippen LogP contribution in [-0.4, -0.2) is 38.8 Å². The molecule has 0 aromatic heterocycles. The molecular weight excluding hydrogens is 414 g/mol. The Morgan fingerprint density at radius 2 is 1.72 bits per heavy atom. The molecule has 5 N–H and O–H groups in total. The first kappa shape index (κ1) is 22.8. The molecule has 2 unspecified atom stereocenters. The summed E-state index contributed by atoms with van der Waals surface area (Å²) in [4.78, 5) is 36.4. The van der Waals surface area contributed by atoms with Gasteiger partial charge in [0.05, 0.1) is 23.1 Å². The lowest BCUT2D eigenvalue weighted by atomic mass is 9.78. The number of aromatic hydroxyl groups is 2. The molecule has 2 aromatic rings. The molecule has 1 saturated carbocycles. The molecule has 2 atom stereocenters. The number of phenols is 2. The minimum atomic E-state index is -0.949. The molecule has 2 aromatic carbocycles. The van der Waals surface area contributed by atoms with Crippen molar-refractivity contribution in [3.05, 3.63) is 53.6 Å². The van der Waals surface area contributed by atoms with Gasteiger partial charge in [-0.25, -0.2) is 5.43 Å². The molecule has 1 aliphatic rings. The number of rotatable bonds is 6. The number of carbonyl (C=O) groups excluding carboxylic acids is 2. The topological polar surface area (TPSA) is 148 Å². The molecular formula is C23H25N3O6. The lowest BCUT2D eigenvalue weighted by Crippen LogP contribution is -2.36. The summed E-state index contributed by atoms with van der Waals surface area (Å²) in [5.41, 5.74) is 3.76. The number of nitrogens with one attached hydrogen (secondary N) is 2. The molecule has 3 rings (SSSR count). The summed E-state index contributed by atoms with van der Waals surface area (Å²) in [6.45, 7) is 1.66. The summed E-state index contributed by atoms with van der Waals surface area (Å²) < 4.78 is 0. The Kier molecular flexibility index (Phi) is 7.09. The van der Waals surface area contributed by atoms with Gasteiger partial charge in [0.25, 0.3) is 5.91 Å². The van der Waals surface area contributed by atoms with E-state index in [1.165, 1.54) is 12.1 Å². The van der Waals surface area contributed by atoms with Crippen molar-refractivity contribution in [2.24, 2.45) is 16.9 Å². The highest BCUT2D eigenvalue weighted by Crippen LogP contribution is 2.31. The highest BCUT2D eigenvalue weighted by molar-refractivity contribution is 6.03. The Bertz CT molecular complexity index is 1070. The minimum Gasteiger partial charge on any atom is -0.508 e. The van der Waals surface area contributed by atoms with Gasteiger partial charge in [0.1, 0.15) is 11.5 Å². The van der Waals surface area contributed by atoms with Crippen molar-refractivity contribution in [1.82, 2.24) is 5.43 Å². The number of amides is 2. The summed E-state index contributed by atoms with van der Waals surface area (Å²) >= 11 is 0. The first-order valence-corrected chi connectivity index (χ1v) is 10.3. The molecule has 0 bridgehead atoms. The molecule has 9 heteroatoms. The quantitative estimate of drug-likeness (QED) is 0.265. The Hall–Kier alpha value is -3.88. The Balaban J connectivity index is 1.69. The van der Waals surface area contributed by atoms with Crippen LogP contribution >= 0.6 is 0 Å². The predicted octanol–water partition coefficient (Wildman–Crippen LogP) is 3.08. The van der Waals surface area contributed by atoms with Crippen molar-refractivity contribution >= 4 is 29.2 Å². The molecule has 9 nitrogen and oxygen atoms in total. The van der Waals surface area contributed by atoms with Crippen molar-refractivity contribution in [3.63, 3.8) is 0 Å². The molecule has 1 aliphatic carbocycles. The zero-order valence-corrected chi connectivity index (χ0v) is 17.5. The van der Waals surface area contributed by atoms with Gasteiger partial charge in [-0.05, 0) is 55.7 Å². The third-order valence-corrected chi connectivity index (χ3v) is 5.52. The number of hydrogen-bond donors (Lipinski definition) is 5. The maximum Gasteiger partial charge on any atom is 0.307 e. The number of carbonyl (C=O) groups is 3. The van der Waals surface area contributed by atoms with Crippen LogP contribution in [0.4, 0.5) is 5.69 Å². The van der Waals surface area contributed by atoms with E-state index in [4.69, 9.17) is 0 Å². The van der Waals surface area contributed by atoms with Gasteiger partial charge < -0.3 is 20.6 Å². The number of anilines is 1. The standard InChI is InChI=1S/C23H25N3O6/c1-13(25-26-22(30)19-12-16(27)9-10-20(19)28)14-5-4-6-15(11-14)24-21(29)17-7-2-3-8-18(17)23(31)32/h4-6,9-12,17-18,27-28H,2-3,7-8H2,1H3,(H,24,29)(H,26,30)(H,31,32)/b25-13+. The van der Waals surface area contributed by atoms with Gasteiger partial charge in [-0.15, -0.1) is 0 Å². The molecule has 0 heterocycles. The highest BCUT2D eigenvalue weighted by Gasteiger charge is 2.35. The van der Waals surface area contributed by atoms with Gasteiger partial charge >= 0.3 is 5.97 Å². The third-order valence-electron chi connectivity index (χ3n) is 5.52. The van der Waals surface area contributed by atoms with E-state index in [2.05, 4.69) is 15.8 Å². The van der Waals surface area contributed by atoms with Gasteiger partial charge in [-0.2, -0.15) is 5.10 Å². The van der Waals surface area contributed by atoms with Gasteiger partial charge in [0, 0.05) is 5.69 Å². The predicted molar refractivity (Wildman–Crippen MR) is 118 cm³/mol. The van der Waals surface area contributed by atoms with Crippen molar-refractivity contribution in [2.45, 2.75) is 32.6 Å². The van der Waals surface area contributed by atoms with Crippen LogP contribution in [0.15, 0.2) is 47.6 Å². The minimum absolute atomic E-state index is 0.122. The van der Waals surface area contributed by atoms with E-state index in [1.54, 1.807) is 31.2 Å². The first-order valence-electron chi connectivity index (χ1n) is 10.3. The third kappa shape index (κ3) is 5.42. The fourth-order valence-corrected chi connectivity index (χ4v) is 3.76. The molecule has 32 heavy (non-hydrogen) atoms. The number of phenolic OH excluding ortho intramolecular Hbond substituents is 2. The van der Waals surface area contributed by atoms with Crippen LogP contribution in [0.25, 0.3) is 0 Å². The molecule has 0 radical (unpaired) electrons. The van der Waals surface area contributed by atoms with Gasteiger partial charge in [-0.3, -0.25) is 14.4 Å². The van der Waals surface area contributed by atoms with E-state index >= 15 is 0 Å². The monoisotopic (exact) mass is 439 g/mol. The smallest absolute Gasteiger partial charge is 0.307 e. The number of benzene rings is 2. The molecule has 0 aliphatic heterocycles. The van der Waals surface area contributed by atoms with Crippen LogP contribution in [-0.2, 0) is 9.59 Å². The van der Waals surface area contributed by atoms with Crippen molar-refractivity contribution in [3.8, 4) is 11.5 Å². The van der Waals surface area contributed by atoms with E-state index in [9.17, 15) is 29.7 Å². The molecule has 0 saturated heterocycles. The zero-order chi connectivity index (χ0) is 23.3. The average molecular weight is 439 g/mol. The number of aliphatic carboxylic acids is 1. The number of hydrogen-bond acceptors (Lipinski definition) is 6. The summed E-state index contributed by atoms with van der Waals surface area (Å²) in [7, 11) is 0. The Morgan fingerprint density at radius 1 is 1.00 bits per heavy atom. The van der Waals surface area contributed by atoms with Gasteiger partial charge in [-0.1, -0.05) is 25.0 Å². The maximum absolute atomic E-state index is 12.7. The van der Waals surface area contributed by atoms with E-state index in [0.29, 0.717) is 29.8 Å². The largest absolute Gasteiger partial charge is 0.508 e. The summed E-state index contributed by atoms with van der Waals surface area (Å²) in [6, 6.07) is 10.4. The highest BCUT2D eigenvalue weighted by atomic mass is 16.4.